The molecule has 82 valence electrons. The summed E-state index contributed by atoms with van der Waals surface area (Å²) in [4.78, 5) is 16.2. The summed E-state index contributed by atoms with van der Waals surface area (Å²) in [6.07, 6.45) is 2.26. The van der Waals surface area contributed by atoms with E-state index in [1.165, 1.54) is 0 Å². The predicted molar refractivity (Wildman–Crippen MR) is 50.2 cm³/mol. The van der Waals surface area contributed by atoms with Gasteiger partial charge in [0.2, 0.25) is 5.89 Å². The van der Waals surface area contributed by atoms with Crippen molar-refractivity contribution in [1.82, 2.24) is 15.0 Å². The van der Waals surface area contributed by atoms with Crippen LogP contribution in [-0.4, -0.2) is 39.7 Å². The number of hydrogen-bond acceptors (Lipinski definition) is 5. The van der Waals surface area contributed by atoms with Gasteiger partial charge in [-0.2, -0.15) is 4.98 Å². The molecule has 0 amide bonds. The Hall–Kier alpha value is -1.43. The minimum Gasteiger partial charge on any atom is -0.480 e. The number of likely N-dealkylation sites (N-methyl/N-ethyl adjacent to an activating group) is 1. The van der Waals surface area contributed by atoms with Crippen molar-refractivity contribution < 1.29 is 14.4 Å². The zero-order valence-electron chi connectivity index (χ0n) is 8.51. The maximum atomic E-state index is 10.4. The lowest BCUT2D eigenvalue weighted by atomic mass is 10.4. The number of carbonyl (C=O) groups is 1. The van der Waals surface area contributed by atoms with Crippen LogP contribution in [0.3, 0.4) is 0 Å². The Bertz CT molecular complexity index is 359. The van der Waals surface area contributed by atoms with Crippen molar-refractivity contribution in [2.75, 3.05) is 13.6 Å². The van der Waals surface area contributed by atoms with Crippen LogP contribution < -0.4 is 0 Å². The Morgan fingerprint density at radius 3 is 3.00 bits per heavy atom. The molecule has 0 atom stereocenters. The molecule has 1 heterocycles. The molecule has 1 aromatic rings. The average Bonchev–Trinajstić information content (AvgIpc) is 2.87. The van der Waals surface area contributed by atoms with Gasteiger partial charge in [-0.25, -0.2) is 0 Å². The van der Waals surface area contributed by atoms with Crippen LogP contribution in [0.1, 0.15) is 30.5 Å². The molecule has 1 aliphatic rings. The maximum absolute atomic E-state index is 10.4. The highest BCUT2D eigenvalue weighted by Gasteiger charge is 2.28. The van der Waals surface area contributed by atoms with E-state index in [1.807, 2.05) is 0 Å². The summed E-state index contributed by atoms with van der Waals surface area (Å²) >= 11 is 0. The van der Waals surface area contributed by atoms with E-state index in [0.29, 0.717) is 18.4 Å². The van der Waals surface area contributed by atoms with Gasteiger partial charge in [-0.3, -0.25) is 9.69 Å². The van der Waals surface area contributed by atoms with Gasteiger partial charge < -0.3 is 9.63 Å². The number of carboxylic acids is 1. The monoisotopic (exact) mass is 211 g/mol. The first-order valence-corrected chi connectivity index (χ1v) is 4.88. The minimum atomic E-state index is -0.862. The second kappa shape index (κ2) is 3.98. The third kappa shape index (κ3) is 2.76. The van der Waals surface area contributed by atoms with Crippen LogP contribution in [0, 0.1) is 0 Å². The summed E-state index contributed by atoms with van der Waals surface area (Å²) in [7, 11) is 1.70. The van der Waals surface area contributed by atoms with Crippen LogP contribution in [0.4, 0.5) is 0 Å². The first-order valence-electron chi connectivity index (χ1n) is 4.88. The Kier molecular flexibility index (Phi) is 2.68. The molecule has 0 saturated heterocycles. The van der Waals surface area contributed by atoms with Crippen molar-refractivity contribution in [3.8, 4) is 0 Å². The van der Waals surface area contributed by atoms with Crippen molar-refractivity contribution in [3.05, 3.63) is 11.7 Å². The van der Waals surface area contributed by atoms with Gasteiger partial charge in [0, 0.05) is 5.92 Å². The van der Waals surface area contributed by atoms with Crippen molar-refractivity contribution in [3.63, 3.8) is 0 Å². The highest BCUT2D eigenvalue weighted by Crippen LogP contribution is 2.38. The molecule has 1 aliphatic carbocycles. The van der Waals surface area contributed by atoms with E-state index in [9.17, 15) is 4.79 Å². The fourth-order valence-electron chi connectivity index (χ4n) is 1.36. The van der Waals surface area contributed by atoms with Crippen molar-refractivity contribution >= 4 is 5.97 Å². The molecule has 0 spiro atoms. The molecule has 1 fully saturated rings. The van der Waals surface area contributed by atoms with E-state index in [1.54, 1.807) is 11.9 Å². The van der Waals surface area contributed by atoms with Gasteiger partial charge in [-0.05, 0) is 19.9 Å². The van der Waals surface area contributed by atoms with Gasteiger partial charge >= 0.3 is 5.97 Å². The number of rotatable bonds is 5. The van der Waals surface area contributed by atoms with Crippen molar-refractivity contribution in [1.29, 1.82) is 0 Å². The van der Waals surface area contributed by atoms with E-state index in [4.69, 9.17) is 9.63 Å². The topological polar surface area (TPSA) is 79.5 Å². The standard InChI is InChI=1S/C9H13N3O3/c1-12(5-8(13)14)4-7-10-9(11-15-7)6-2-3-6/h6H,2-5H2,1H3,(H,13,14). The Balaban J connectivity index is 1.89. The molecule has 1 N–H and O–H groups in total. The molecule has 6 nitrogen and oxygen atoms in total. The first kappa shape index (κ1) is 10.1. The van der Waals surface area contributed by atoms with E-state index in [2.05, 4.69) is 10.1 Å². The molecule has 0 aliphatic heterocycles. The highest BCUT2D eigenvalue weighted by atomic mass is 16.5. The average molecular weight is 211 g/mol. The van der Waals surface area contributed by atoms with Gasteiger partial charge in [0.25, 0.3) is 0 Å². The molecule has 15 heavy (non-hydrogen) atoms. The molecular formula is C9H13N3O3. The molecule has 0 bridgehead atoms. The van der Waals surface area contributed by atoms with Crippen LogP contribution in [0.25, 0.3) is 0 Å². The Morgan fingerprint density at radius 2 is 2.40 bits per heavy atom. The van der Waals surface area contributed by atoms with Crippen molar-refractivity contribution in [2.24, 2.45) is 0 Å². The van der Waals surface area contributed by atoms with Gasteiger partial charge in [0.15, 0.2) is 5.82 Å². The number of aliphatic carboxylic acids is 1. The summed E-state index contributed by atoms with van der Waals surface area (Å²) < 4.78 is 5.02. The number of carboxylic acid groups (broad SMARTS) is 1. The quantitative estimate of drug-likeness (QED) is 0.762. The van der Waals surface area contributed by atoms with Crippen LogP contribution in [0.5, 0.6) is 0 Å². The van der Waals surface area contributed by atoms with Gasteiger partial charge in [-0.1, -0.05) is 5.16 Å². The molecule has 1 saturated carbocycles. The first-order chi connectivity index (χ1) is 7.15. The second-order valence-electron chi connectivity index (χ2n) is 3.89. The smallest absolute Gasteiger partial charge is 0.317 e. The molecule has 2 rings (SSSR count). The molecule has 0 unspecified atom stereocenters. The fraction of sp³-hybridized carbons (Fsp3) is 0.667. The molecule has 6 heteroatoms. The van der Waals surface area contributed by atoms with E-state index in [0.717, 1.165) is 18.7 Å². The van der Waals surface area contributed by atoms with Crippen LogP contribution >= 0.6 is 0 Å². The summed E-state index contributed by atoms with van der Waals surface area (Å²) in [6.45, 7) is 0.354. The third-order valence-electron chi connectivity index (χ3n) is 2.24. The normalized spacial score (nSPS) is 15.9. The van der Waals surface area contributed by atoms with Crippen LogP contribution in [0.2, 0.25) is 0 Å². The third-order valence-corrected chi connectivity index (χ3v) is 2.24. The van der Waals surface area contributed by atoms with Crippen molar-refractivity contribution in [2.45, 2.75) is 25.3 Å². The predicted octanol–water partition coefficient (Wildman–Crippen LogP) is 0.463. The lowest BCUT2D eigenvalue weighted by molar-refractivity contribution is -0.138. The van der Waals surface area contributed by atoms with Gasteiger partial charge in [-0.15, -0.1) is 0 Å². The summed E-state index contributed by atoms with van der Waals surface area (Å²) in [5, 5.41) is 12.4. The summed E-state index contributed by atoms with van der Waals surface area (Å²) in [5.74, 6) is 0.848. The Labute approximate surface area is 86.9 Å². The zero-order valence-corrected chi connectivity index (χ0v) is 8.51. The fourth-order valence-corrected chi connectivity index (χ4v) is 1.36. The van der Waals surface area contributed by atoms with Crippen LogP contribution in [0.15, 0.2) is 4.52 Å². The van der Waals surface area contributed by atoms with Gasteiger partial charge in [0.05, 0.1) is 13.1 Å². The molecule has 0 aromatic carbocycles. The second-order valence-corrected chi connectivity index (χ2v) is 3.89. The van der Waals surface area contributed by atoms with E-state index < -0.39 is 5.97 Å². The van der Waals surface area contributed by atoms with E-state index in [-0.39, 0.29) is 6.54 Å². The zero-order chi connectivity index (χ0) is 10.8. The van der Waals surface area contributed by atoms with E-state index >= 15 is 0 Å². The highest BCUT2D eigenvalue weighted by molar-refractivity contribution is 5.68. The lowest BCUT2D eigenvalue weighted by Gasteiger charge is -2.09. The number of aromatic nitrogens is 2. The number of hydrogen-bond donors (Lipinski definition) is 1. The minimum absolute atomic E-state index is 0.0266. The van der Waals surface area contributed by atoms with Gasteiger partial charge in [0.1, 0.15) is 0 Å². The SMILES string of the molecule is CN(CC(=O)O)Cc1nc(C2CC2)no1. The molecular weight excluding hydrogens is 198 g/mol. The largest absolute Gasteiger partial charge is 0.480 e. The Morgan fingerprint density at radius 1 is 1.67 bits per heavy atom. The lowest BCUT2D eigenvalue weighted by Crippen LogP contribution is -2.25. The molecule has 0 radical (unpaired) electrons. The van der Waals surface area contributed by atoms with Crippen LogP contribution in [-0.2, 0) is 11.3 Å². The summed E-state index contributed by atoms with van der Waals surface area (Å²) in [5.41, 5.74) is 0. The molecule has 1 aromatic heterocycles. The number of nitrogens with zero attached hydrogens (tertiary/aromatic N) is 3. The maximum Gasteiger partial charge on any atom is 0.317 e. The summed E-state index contributed by atoms with van der Waals surface area (Å²) in [6, 6.07) is 0.